The zero-order valence-corrected chi connectivity index (χ0v) is 27.1. The van der Waals surface area contributed by atoms with E-state index in [2.05, 4.69) is 33.5 Å². The van der Waals surface area contributed by atoms with Crippen LogP contribution in [0.1, 0.15) is 61.2 Å². The predicted molar refractivity (Wildman–Crippen MR) is 165 cm³/mol. The van der Waals surface area contributed by atoms with Gasteiger partial charge in [0.1, 0.15) is 16.1 Å². The van der Waals surface area contributed by atoms with Gasteiger partial charge in [-0.15, -0.1) is 11.3 Å². The number of Topliss-reactive ketones (excluding diaryl/α,β-unsaturated/α-hetero) is 1. The number of benzene rings is 1. The first-order valence-corrected chi connectivity index (χ1v) is 15.9. The van der Waals surface area contributed by atoms with E-state index in [-0.39, 0.29) is 33.5 Å². The van der Waals surface area contributed by atoms with Crippen LogP contribution in [-0.2, 0) is 33.2 Å². The number of aromatic nitrogens is 4. The van der Waals surface area contributed by atoms with Gasteiger partial charge in [0, 0.05) is 33.8 Å². The molecule has 244 valence electrons. The van der Waals surface area contributed by atoms with Crippen LogP contribution in [-0.4, -0.2) is 51.0 Å². The van der Waals surface area contributed by atoms with Crippen molar-refractivity contribution in [2.45, 2.75) is 63.4 Å². The molecule has 0 saturated heterocycles. The fraction of sp³-hybridized carbons (Fsp3) is 0.333. The molecule has 4 aromatic rings. The molecule has 2 N–H and O–H groups in total. The van der Waals surface area contributed by atoms with E-state index in [1.54, 1.807) is 36.7 Å². The fourth-order valence-corrected chi connectivity index (χ4v) is 7.03. The number of nitrogens with zero attached hydrogens (tertiary/aromatic N) is 5. The Kier molecular flexibility index (Phi) is 11.1. The lowest BCUT2D eigenvalue weighted by atomic mass is 9.95. The van der Waals surface area contributed by atoms with Crippen molar-refractivity contribution in [3.8, 4) is 17.2 Å². The highest BCUT2D eigenvalue weighted by molar-refractivity contribution is 7.94. The van der Waals surface area contributed by atoms with Crippen molar-refractivity contribution in [1.82, 2.24) is 19.5 Å². The van der Waals surface area contributed by atoms with E-state index in [9.17, 15) is 26.4 Å². The van der Waals surface area contributed by atoms with Crippen LogP contribution in [0, 0.1) is 17.2 Å². The van der Waals surface area contributed by atoms with Crippen molar-refractivity contribution >= 4 is 39.1 Å². The second-order valence-electron chi connectivity index (χ2n) is 11.5. The lowest BCUT2D eigenvalue weighted by molar-refractivity contribution is -0.192. The van der Waals surface area contributed by atoms with E-state index in [4.69, 9.17) is 15.2 Å². The number of carbonyl (C=O) groups is 2. The van der Waals surface area contributed by atoms with E-state index >= 15 is 0 Å². The molecule has 11 nitrogen and oxygen atoms in total. The van der Waals surface area contributed by atoms with Gasteiger partial charge in [-0.25, -0.2) is 32.9 Å². The fourth-order valence-electron chi connectivity index (χ4n) is 4.12. The number of carboxylic acids is 1. The molecule has 3 heterocycles. The molecule has 0 radical (unpaired) electrons. The Balaban J connectivity index is 0.000000738. The van der Waals surface area contributed by atoms with Crippen LogP contribution in [0.2, 0.25) is 0 Å². The van der Waals surface area contributed by atoms with Gasteiger partial charge in [-0.2, -0.15) is 18.4 Å². The number of alkyl halides is 3. The van der Waals surface area contributed by atoms with E-state index < -0.39 is 22.2 Å². The third kappa shape index (κ3) is 9.44. The summed E-state index contributed by atoms with van der Waals surface area (Å²) in [6.07, 6.45) is 1.61. The number of carbonyl (C=O) groups excluding carboxylic acids is 1. The Morgan fingerprint density at radius 2 is 1.74 bits per heavy atom. The summed E-state index contributed by atoms with van der Waals surface area (Å²) in [4.78, 5) is 35.4. The molecule has 0 amide bonds. The summed E-state index contributed by atoms with van der Waals surface area (Å²) in [5.41, 5.74) is 1.61. The van der Waals surface area contributed by atoms with Crippen LogP contribution >= 0.6 is 11.3 Å². The summed E-state index contributed by atoms with van der Waals surface area (Å²) in [6, 6.07) is 10.8. The summed E-state index contributed by atoms with van der Waals surface area (Å²) in [5, 5.41) is 16.1. The van der Waals surface area contributed by atoms with Gasteiger partial charge in [-0.1, -0.05) is 52.8 Å². The highest BCUT2D eigenvalue weighted by atomic mass is 32.2. The monoisotopic (exact) mass is 676 g/mol. The van der Waals surface area contributed by atoms with Crippen molar-refractivity contribution in [1.29, 1.82) is 5.26 Å². The topological polar surface area (TPSA) is 168 Å². The number of hydrogen-bond donors (Lipinski definition) is 2. The number of halogens is 3. The number of rotatable bonds is 9. The molecular formula is C30H31F3N6O5S2. The maximum Gasteiger partial charge on any atom is 0.490 e. The number of nitriles is 1. The average molecular weight is 677 g/mol. The van der Waals surface area contributed by atoms with Gasteiger partial charge in [0.2, 0.25) is 5.95 Å². The maximum atomic E-state index is 13.5. The molecule has 0 aliphatic carbocycles. The molecule has 0 saturated carbocycles. The van der Waals surface area contributed by atoms with Crippen LogP contribution < -0.4 is 4.72 Å². The van der Waals surface area contributed by atoms with Gasteiger partial charge >= 0.3 is 12.1 Å². The lowest BCUT2D eigenvalue weighted by Crippen LogP contribution is -2.21. The largest absolute Gasteiger partial charge is 0.490 e. The number of nitrogens with one attached hydrogen (secondary N) is 1. The SMILES string of the molecule is CC(C)Cc1cc(-c2cccc(C(=O)Cn3ccnc3C(C)(C)C)c2)c(S(=O)(=O)Nc2ncc(C#N)cn2)s1.O=C(O)C(F)(F)F. The van der Waals surface area contributed by atoms with Gasteiger partial charge in [0.25, 0.3) is 10.0 Å². The van der Waals surface area contributed by atoms with Gasteiger partial charge < -0.3 is 9.67 Å². The average Bonchev–Trinajstić information content (AvgIpc) is 3.61. The molecule has 4 rings (SSSR count). The predicted octanol–water partition coefficient (Wildman–Crippen LogP) is 6.09. The molecule has 0 bridgehead atoms. The Labute approximate surface area is 267 Å². The first-order valence-electron chi connectivity index (χ1n) is 13.6. The minimum atomic E-state index is -5.08. The van der Waals surface area contributed by atoms with Crippen molar-refractivity contribution < 1.29 is 36.3 Å². The first-order chi connectivity index (χ1) is 21.3. The van der Waals surface area contributed by atoms with Gasteiger partial charge in [-0.3, -0.25) is 4.79 Å². The van der Waals surface area contributed by atoms with Crippen molar-refractivity contribution in [3.05, 3.63) is 76.9 Å². The molecule has 3 aromatic heterocycles. The van der Waals surface area contributed by atoms with E-state index in [1.807, 2.05) is 37.5 Å². The summed E-state index contributed by atoms with van der Waals surface area (Å²) < 4.78 is 63.1. The lowest BCUT2D eigenvalue weighted by Gasteiger charge is -2.19. The number of aliphatic carboxylic acids is 1. The Hall–Kier alpha value is -4.62. The number of sulfonamides is 1. The first kappa shape index (κ1) is 35.9. The highest BCUT2D eigenvalue weighted by Crippen LogP contribution is 2.37. The second-order valence-corrected chi connectivity index (χ2v) is 14.5. The van der Waals surface area contributed by atoms with E-state index in [0.717, 1.165) is 10.7 Å². The molecule has 0 unspecified atom stereocenters. The molecule has 0 aliphatic rings. The number of anilines is 1. The molecule has 0 fully saturated rings. The van der Waals surface area contributed by atoms with Crippen molar-refractivity contribution in [2.75, 3.05) is 4.72 Å². The zero-order chi connectivity index (χ0) is 34.4. The minimum absolute atomic E-state index is 0.105. The van der Waals surface area contributed by atoms with Crippen LogP contribution in [0.4, 0.5) is 19.1 Å². The van der Waals surface area contributed by atoms with Gasteiger partial charge in [0.05, 0.1) is 24.5 Å². The molecule has 0 spiro atoms. The molecule has 16 heteroatoms. The summed E-state index contributed by atoms with van der Waals surface area (Å²) in [6.45, 7) is 10.4. The number of hydrogen-bond acceptors (Lipinski definition) is 9. The molecule has 0 aliphatic heterocycles. The molecular weight excluding hydrogens is 645 g/mol. The smallest absolute Gasteiger partial charge is 0.475 e. The van der Waals surface area contributed by atoms with Crippen LogP contribution in [0.3, 0.4) is 0 Å². The summed E-state index contributed by atoms with van der Waals surface area (Å²) in [5.74, 6) is -1.86. The standard InChI is InChI=1S/C28H30N6O3S2.C2HF3O2/c1-18(2)11-22-13-23(25(38-22)39(36,37)33-27-31-15-19(14-29)16-32-27)20-7-6-8-21(12-20)24(35)17-34-10-9-30-26(34)28(3,4)5;3-2(4,5)1(6)7/h6-10,12-13,15-16,18H,11,17H2,1-5H3,(H,31,32,33);(H,6,7). The number of imidazole rings is 1. The number of carboxylic acid groups (broad SMARTS) is 1. The van der Waals surface area contributed by atoms with Crippen molar-refractivity contribution in [3.63, 3.8) is 0 Å². The van der Waals surface area contributed by atoms with Gasteiger partial charge in [0.15, 0.2) is 5.78 Å². The zero-order valence-electron chi connectivity index (χ0n) is 25.5. The number of thiophene rings is 1. The van der Waals surface area contributed by atoms with E-state index in [0.29, 0.717) is 29.0 Å². The van der Waals surface area contributed by atoms with Gasteiger partial charge in [-0.05, 0) is 30.0 Å². The normalized spacial score (nSPS) is 11.8. The van der Waals surface area contributed by atoms with Crippen molar-refractivity contribution in [2.24, 2.45) is 5.92 Å². The third-order valence-electron chi connectivity index (χ3n) is 6.05. The van der Waals surface area contributed by atoms with E-state index in [1.165, 1.54) is 23.7 Å². The minimum Gasteiger partial charge on any atom is -0.475 e. The second kappa shape index (κ2) is 14.2. The Morgan fingerprint density at radius 1 is 1.11 bits per heavy atom. The third-order valence-corrected chi connectivity index (χ3v) is 9.07. The van der Waals surface area contributed by atoms with Crippen LogP contribution in [0.5, 0.6) is 0 Å². The summed E-state index contributed by atoms with van der Waals surface area (Å²) >= 11 is 1.18. The van der Waals surface area contributed by atoms with Crippen LogP contribution in [0.15, 0.2) is 59.3 Å². The summed E-state index contributed by atoms with van der Waals surface area (Å²) in [7, 11) is -4.06. The Morgan fingerprint density at radius 3 is 2.28 bits per heavy atom. The molecule has 46 heavy (non-hydrogen) atoms. The quantitative estimate of drug-likeness (QED) is 0.200. The molecule has 1 aromatic carbocycles. The Bertz CT molecular complexity index is 1850. The highest BCUT2D eigenvalue weighted by Gasteiger charge is 2.38. The maximum absolute atomic E-state index is 13.5. The molecule has 0 atom stereocenters. The number of ketones is 1. The van der Waals surface area contributed by atoms with Crippen LogP contribution in [0.25, 0.3) is 11.1 Å².